The number of carbonyl (C=O) groups is 2. The first kappa shape index (κ1) is 51.5. The molecule has 312 valence electrons. The molecule has 0 spiro atoms. The predicted octanol–water partition coefficient (Wildman–Crippen LogP) is 12.4. The first-order chi connectivity index (χ1) is 25.8. The number of unbranched alkanes of at least 4 members (excludes halogenated alkanes) is 24. The topological polar surface area (TPSA) is 134 Å². The summed E-state index contributed by atoms with van der Waals surface area (Å²) in [6.07, 6.45) is 42.0. The lowest BCUT2D eigenvalue weighted by atomic mass is 10.1. The van der Waals surface area contributed by atoms with Crippen LogP contribution >= 0.6 is 7.82 Å². The van der Waals surface area contributed by atoms with Gasteiger partial charge in [0, 0.05) is 19.4 Å². The van der Waals surface area contributed by atoms with E-state index in [-0.39, 0.29) is 38.6 Å². The number of carbonyl (C=O) groups excluding carboxylic acids is 2. The third-order valence-electron chi connectivity index (χ3n) is 9.31. The van der Waals surface area contributed by atoms with Crippen molar-refractivity contribution in [2.24, 2.45) is 5.73 Å². The van der Waals surface area contributed by atoms with Crippen molar-refractivity contribution in [2.45, 2.75) is 213 Å². The van der Waals surface area contributed by atoms with Gasteiger partial charge < -0.3 is 20.1 Å². The van der Waals surface area contributed by atoms with Crippen LogP contribution in [0.15, 0.2) is 24.3 Å². The van der Waals surface area contributed by atoms with Gasteiger partial charge in [-0.25, -0.2) is 4.57 Å². The van der Waals surface area contributed by atoms with Gasteiger partial charge in [-0.1, -0.05) is 154 Å². The van der Waals surface area contributed by atoms with Crippen LogP contribution in [0.3, 0.4) is 0 Å². The molecule has 53 heavy (non-hydrogen) atoms. The zero-order valence-electron chi connectivity index (χ0n) is 34.3. The summed E-state index contributed by atoms with van der Waals surface area (Å²) in [6.45, 7) is 3.72. The zero-order valence-corrected chi connectivity index (χ0v) is 35.2. The number of esters is 2. The average molecular weight is 772 g/mol. The molecular weight excluding hydrogens is 689 g/mol. The Morgan fingerprint density at radius 3 is 1.34 bits per heavy atom. The van der Waals surface area contributed by atoms with Crippen LogP contribution in [0.5, 0.6) is 0 Å². The van der Waals surface area contributed by atoms with E-state index in [1.165, 1.54) is 109 Å². The molecule has 9 nitrogen and oxygen atoms in total. The molecule has 0 aliphatic heterocycles. The summed E-state index contributed by atoms with van der Waals surface area (Å²) in [6, 6.07) is 0. The van der Waals surface area contributed by atoms with Gasteiger partial charge in [-0.15, -0.1) is 0 Å². The normalized spacial score (nSPS) is 13.5. The molecule has 2 atom stereocenters. The molecule has 0 radical (unpaired) electrons. The molecule has 0 aromatic heterocycles. The summed E-state index contributed by atoms with van der Waals surface area (Å²) >= 11 is 0. The van der Waals surface area contributed by atoms with Crippen molar-refractivity contribution in [1.82, 2.24) is 0 Å². The number of allylic oxidation sites excluding steroid dienone is 4. The lowest BCUT2D eigenvalue weighted by molar-refractivity contribution is -0.161. The summed E-state index contributed by atoms with van der Waals surface area (Å²) in [7, 11) is -4.38. The smallest absolute Gasteiger partial charge is 0.462 e. The van der Waals surface area contributed by atoms with Gasteiger partial charge in [0.1, 0.15) is 6.61 Å². The van der Waals surface area contributed by atoms with Crippen LogP contribution in [0, 0.1) is 0 Å². The number of ether oxygens (including phenoxy) is 2. The largest absolute Gasteiger partial charge is 0.472 e. The van der Waals surface area contributed by atoms with E-state index in [0.29, 0.717) is 6.42 Å². The molecule has 0 aromatic rings. The van der Waals surface area contributed by atoms with Gasteiger partial charge in [0.05, 0.1) is 13.2 Å². The van der Waals surface area contributed by atoms with Crippen LogP contribution in [0.2, 0.25) is 0 Å². The van der Waals surface area contributed by atoms with Crippen molar-refractivity contribution in [1.29, 1.82) is 0 Å². The van der Waals surface area contributed by atoms with Crippen LogP contribution in [0.25, 0.3) is 0 Å². The molecule has 0 saturated carbocycles. The van der Waals surface area contributed by atoms with Crippen LogP contribution in [-0.4, -0.2) is 49.3 Å². The highest BCUT2D eigenvalue weighted by atomic mass is 31.2. The molecule has 0 amide bonds. The summed E-state index contributed by atoms with van der Waals surface area (Å²) in [5, 5.41) is 0. The van der Waals surface area contributed by atoms with Crippen molar-refractivity contribution in [3.63, 3.8) is 0 Å². The Hall–Kier alpha value is -1.51. The fraction of sp³-hybridized carbons (Fsp3) is 0.860. The predicted molar refractivity (Wildman–Crippen MR) is 220 cm³/mol. The van der Waals surface area contributed by atoms with E-state index in [0.717, 1.165) is 64.2 Å². The third-order valence-corrected chi connectivity index (χ3v) is 10.3. The maximum absolute atomic E-state index is 12.6. The molecule has 1 unspecified atom stereocenters. The van der Waals surface area contributed by atoms with Crippen LogP contribution < -0.4 is 5.73 Å². The van der Waals surface area contributed by atoms with Crippen LogP contribution in [-0.2, 0) is 32.7 Å². The number of rotatable bonds is 41. The second-order valence-electron chi connectivity index (χ2n) is 14.6. The van der Waals surface area contributed by atoms with E-state index in [1.807, 2.05) is 0 Å². The molecule has 3 N–H and O–H groups in total. The maximum atomic E-state index is 12.6. The summed E-state index contributed by atoms with van der Waals surface area (Å²) in [5.74, 6) is -0.838. The molecule has 0 saturated heterocycles. The Balaban J connectivity index is 4.15. The van der Waals surface area contributed by atoms with Gasteiger partial charge in [-0.2, -0.15) is 0 Å². The minimum absolute atomic E-state index is 0.0525. The first-order valence-electron chi connectivity index (χ1n) is 21.8. The van der Waals surface area contributed by atoms with Crippen LogP contribution in [0.1, 0.15) is 206 Å². The molecular formula is C43H82NO8P. The van der Waals surface area contributed by atoms with Crippen molar-refractivity contribution >= 4 is 19.8 Å². The molecule has 0 bridgehead atoms. The van der Waals surface area contributed by atoms with E-state index >= 15 is 0 Å². The van der Waals surface area contributed by atoms with E-state index in [4.69, 9.17) is 24.3 Å². The zero-order chi connectivity index (χ0) is 38.9. The SMILES string of the molecule is CCCCCCCCC=CCCCCCCCCCC(=O)OC[C@H](COP(=O)(O)OCCN)OC(=O)CCCCCCCC=CCCCCCCCC. The standard InChI is InChI=1S/C43H82NO8P/c1-3-5-7-9-11-13-15-17-19-20-22-23-25-27-29-31-33-35-42(45)49-39-41(40-51-53(47,48)50-38-37-44)52-43(46)36-34-32-30-28-26-24-21-18-16-14-12-10-8-6-4-2/h17-19,21,41H,3-16,20,22-40,44H2,1-2H3,(H,47,48)/t41-/m1/s1. The maximum Gasteiger partial charge on any atom is 0.472 e. The minimum atomic E-state index is -4.38. The summed E-state index contributed by atoms with van der Waals surface area (Å²) in [4.78, 5) is 34.8. The Morgan fingerprint density at radius 2 is 0.925 bits per heavy atom. The molecule has 10 heteroatoms. The van der Waals surface area contributed by atoms with E-state index in [1.54, 1.807) is 0 Å². The third kappa shape index (κ3) is 40.0. The molecule has 0 heterocycles. The fourth-order valence-electron chi connectivity index (χ4n) is 6.04. The van der Waals surface area contributed by atoms with Gasteiger partial charge in [0.15, 0.2) is 6.10 Å². The van der Waals surface area contributed by atoms with Crippen molar-refractivity contribution in [2.75, 3.05) is 26.4 Å². The number of hydrogen-bond acceptors (Lipinski definition) is 8. The van der Waals surface area contributed by atoms with E-state index in [9.17, 15) is 19.0 Å². The second-order valence-corrected chi connectivity index (χ2v) is 16.0. The quantitative estimate of drug-likeness (QED) is 0.0269. The second kappa shape index (κ2) is 40.2. The van der Waals surface area contributed by atoms with Crippen LogP contribution in [0.4, 0.5) is 0 Å². The number of phosphoric acid groups is 1. The van der Waals surface area contributed by atoms with Crippen molar-refractivity contribution in [3.05, 3.63) is 24.3 Å². The lowest BCUT2D eigenvalue weighted by Gasteiger charge is -2.19. The number of hydrogen-bond donors (Lipinski definition) is 2. The molecule has 0 aliphatic carbocycles. The number of nitrogens with two attached hydrogens (primary N) is 1. The Labute approximate surface area is 325 Å². The molecule has 0 rings (SSSR count). The summed E-state index contributed by atoms with van der Waals surface area (Å²) < 4.78 is 32.8. The Kier molecular flexibility index (Phi) is 39.0. The highest BCUT2D eigenvalue weighted by Crippen LogP contribution is 2.43. The Bertz CT molecular complexity index is 928. The van der Waals surface area contributed by atoms with E-state index in [2.05, 4.69) is 38.2 Å². The molecule has 0 aromatic carbocycles. The van der Waals surface area contributed by atoms with Gasteiger partial charge in [-0.05, 0) is 64.2 Å². The highest BCUT2D eigenvalue weighted by Gasteiger charge is 2.26. The fourth-order valence-corrected chi connectivity index (χ4v) is 6.80. The van der Waals surface area contributed by atoms with Gasteiger partial charge in [0.25, 0.3) is 0 Å². The minimum Gasteiger partial charge on any atom is -0.462 e. The molecule has 0 aliphatic rings. The van der Waals surface area contributed by atoms with Gasteiger partial charge >= 0.3 is 19.8 Å². The van der Waals surface area contributed by atoms with Crippen molar-refractivity contribution < 1.29 is 37.6 Å². The number of phosphoric ester groups is 1. The first-order valence-corrected chi connectivity index (χ1v) is 23.3. The van der Waals surface area contributed by atoms with Crippen molar-refractivity contribution in [3.8, 4) is 0 Å². The Morgan fingerprint density at radius 1 is 0.547 bits per heavy atom. The van der Waals surface area contributed by atoms with Gasteiger partial charge in [0.2, 0.25) is 0 Å². The summed E-state index contributed by atoms with van der Waals surface area (Å²) in [5.41, 5.74) is 5.34. The van der Waals surface area contributed by atoms with E-state index < -0.39 is 26.5 Å². The lowest BCUT2D eigenvalue weighted by Crippen LogP contribution is -2.29. The molecule has 0 fully saturated rings. The highest BCUT2D eigenvalue weighted by molar-refractivity contribution is 7.47. The monoisotopic (exact) mass is 772 g/mol. The van der Waals surface area contributed by atoms with Gasteiger partial charge in [-0.3, -0.25) is 18.6 Å². The average Bonchev–Trinajstić information content (AvgIpc) is 3.14.